The number of aromatic nitrogens is 1. The second-order valence-electron chi connectivity index (χ2n) is 9.64. The summed E-state index contributed by atoms with van der Waals surface area (Å²) in [6, 6.07) is 19.7. The topological polar surface area (TPSA) is 106 Å². The van der Waals surface area contributed by atoms with Crippen molar-refractivity contribution in [2.45, 2.75) is 40.2 Å². The van der Waals surface area contributed by atoms with Gasteiger partial charge in [-0.15, -0.1) is 0 Å². The predicted octanol–water partition coefficient (Wildman–Crippen LogP) is 6.44. The summed E-state index contributed by atoms with van der Waals surface area (Å²) in [7, 11) is 1.54. The number of halogens is 1. The minimum atomic E-state index is -0.978. The smallest absolute Gasteiger partial charge is 0.323 e. The van der Waals surface area contributed by atoms with Crippen molar-refractivity contribution in [2.75, 3.05) is 7.11 Å². The van der Waals surface area contributed by atoms with Crippen molar-refractivity contribution >= 4 is 40.2 Å². The summed E-state index contributed by atoms with van der Waals surface area (Å²) in [5.74, 6) is -0.689. The Hall–Kier alpha value is -4.10. The zero-order valence-corrected chi connectivity index (χ0v) is 23.2. The fraction of sp³-hybridized carbons (Fsp3) is 0.258. The Balaban J connectivity index is 0.000000255. The minimum Gasteiger partial charge on any atom is -0.497 e. The van der Waals surface area contributed by atoms with Crippen molar-refractivity contribution in [3.63, 3.8) is 0 Å². The van der Waals surface area contributed by atoms with Crippen LogP contribution in [0.5, 0.6) is 5.75 Å². The highest BCUT2D eigenvalue weighted by Crippen LogP contribution is 2.31. The molecule has 0 saturated heterocycles. The van der Waals surface area contributed by atoms with Crippen LogP contribution in [-0.4, -0.2) is 39.6 Å². The summed E-state index contributed by atoms with van der Waals surface area (Å²) in [6.45, 7) is 5.86. The van der Waals surface area contributed by atoms with Gasteiger partial charge in [0.25, 0.3) is 0 Å². The van der Waals surface area contributed by atoms with Crippen molar-refractivity contribution in [1.29, 1.82) is 0 Å². The van der Waals surface area contributed by atoms with E-state index in [1.807, 2.05) is 24.3 Å². The Morgan fingerprint density at radius 2 is 1.51 bits per heavy atom. The monoisotopic (exact) mass is 549 g/mol. The second-order valence-corrected chi connectivity index (χ2v) is 10.1. The van der Waals surface area contributed by atoms with E-state index >= 15 is 0 Å². The quantitative estimate of drug-likeness (QED) is 0.233. The molecule has 39 heavy (non-hydrogen) atoms. The van der Waals surface area contributed by atoms with Crippen molar-refractivity contribution in [2.24, 2.45) is 5.92 Å². The van der Waals surface area contributed by atoms with Gasteiger partial charge in [0.2, 0.25) is 0 Å². The van der Waals surface area contributed by atoms with Crippen LogP contribution >= 0.6 is 11.6 Å². The lowest BCUT2D eigenvalue weighted by molar-refractivity contribution is -0.138. The molecule has 0 amide bonds. The summed E-state index contributed by atoms with van der Waals surface area (Å²) in [5, 5.41) is 19.0. The normalized spacial score (nSPS) is 10.7. The van der Waals surface area contributed by atoms with Gasteiger partial charge in [-0.2, -0.15) is 0 Å². The zero-order valence-electron chi connectivity index (χ0n) is 22.4. The first-order valence-electron chi connectivity index (χ1n) is 12.5. The number of carbonyl (C=O) groups is 3. The van der Waals surface area contributed by atoms with Crippen LogP contribution in [0.25, 0.3) is 10.9 Å². The molecule has 0 aliphatic heterocycles. The van der Waals surface area contributed by atoms with Gasteiger partial charge in [0.1, 0.15) is 12.3 Å². The maximum atomic E-state index is 13.0. The SMILES string of the molecule is CC(C)Cc1ccc(CC(=O)O)cc1.COc1ccc2c(C(=O)c3ccc(Cl)cc3)c(C)n(CC(=O)O)c2c1. The van der Waals surface area contributed by atoms with Gasteiger partial charge in [0.05, 0.1) is 24.6 Å². The van der Waals surface area contributed by atoms with Crippen LogP contribution in [0.15, 0.2) is 66.7 Å². The third-order valence-corrected chi connectivity index (χ3v) is 6.43. The molecule has 0 radical (unpaired) electrons. The van der Waals surface area contributed by atoms with Gasteiger partial charge in [-0.25, -0.2) is 0 Å². The van der Waals surface area contributed by atoms with Crippen molar-refractivity contribution in [1.82, 2.24) is 4.57 Å². The molecule has 0 atom stereocenters. The van der Waals surface area contributed by atoms with E-state index in [1.54, 1.807) is 54.0 Å². The van der Waals surface area contributed by atoms with E-state index in [4.69, 9.17) is 21.4 Å². The van der Waals surface area contributed by atoms with Crippen LogP contribution < -0.4 is 4.74 Å². The number of carboxylic acid groups (broad SMARTS) is 2. The number of ketones is 1. The maximum Gasteiger partial charge on any atom is 0.323 e. The number of hydrogen-bond donors (Lipinski definition) is 2. The molecule has 1 aromatic heterocycles. The number of hydrogen-bond acceptors (Lipinski definition) is 4. The number of ether oxygens (including phenoxy) is 1. The summed E-state index contributed by atoms with van der Waals surface area (Å²) in [4.78, 5) is 34.7. The Kier molecular flexibility index (Phi) is 9.90. The lowest BCUT2D eigenvalue weighted by atomic mass is 10.0. The molecule has 0 spiro atoms. The highest BCUT2D eigenvalue weighted by Gasteiger charge is 2.22. The van der Waals surface area contributed by atoms with Gasteiger partial charge < -0.3 is 19.5 Å². The Morgan fingerprint density at radius 3 is 2.05 bits per heavy atom. The van der Waals surface area contributed by atoms with Gasteiger partial charge in [-0.1, -0.05) is 49.7 Å². The molecule has 0 aliphatic rings. The minimum absolute atomic E-state index is 0.113. The van der Waals surface area contributed by atoms with E-state index in [9.17, 15) is 19.5 Å². The zero-order chi connectivity index (χ0) is 28.7. The van der Waals surface area contributed by atoms with Crippen LogP contribution in [0, 0.1) is 12.8 Å². The molecular formula is C31H32ClNO6. The molecule has 0 aliphatic carbocycles. The van der Waals surface area contributed by atoms with Crippen LogP contribution in [0.1, 0.15) is 46.6 Å². The number of fused-ring (bicyclic) bond motifs is 1. The number of nitrogens with zero attached hydrogens (tertiary/aromatic N) is 1. The van der Waals surface area contributed by atoms with Crippen molar-refractivity contribution < 1.29 is 29.3 Å². The van der Waals surface area contributed by atoms with E-state index in [2.05, 4.69) is 13.8 Å². The van der Waals surface area contributed by atoms with Gasteiger partial charge >= 0.3 is 11.9 Å². The van der Waals surface area contributed by atoms with Crippen molar-refractivity contribution in [3.05, 3.63) is 99.7 Å². The lowest BCUT2D eigenvalue weighted by Crippen LogP contribution is -2.11. The van der Waals surface area contributed by atoms with E-state index in [1.165, 1.54) is 12.7 Å². The largest absolute Gasteiger partial charge is 0.497 e. The number of aliphatic carboxylic acids is 2. The fourth-order valence-corrected chi connectivity index (χ4v) is 4.52. The highest BCUT2D eigenvalue weighted by molar-refractivity contribution is 6.30. The van der Waals surface area contributed by atoms with Gasteiger partial charge in [-0.05, 0) is 66.8 Å². The standard InChI is InChI=1S/C19H16ClNO4.C12H16O2/c1-11-18(19(24)12-3-5-13(20)6-4-12)15-8-7-14(25-2)9-16(15)21(11)10-17(22)23;1-9(2)7-10-3-5-11(6-4-10)8-12(13)14/h3-9H,10H2,1-2H3,(H,22,23);3-6,9H,7-8H2,1-2H3,(H,13,14). The van der Waals surface area contributed by atoms with E-state index < -0.39 is 11.9 Å². The maximum absolute atomic E-state index is 13.0. The summed E-state index contributed by atoms with van der Waals surface area (Å²) in [6.07, 6.45) is 1.16. The summed E-state index contributed by atoms with van der Waals surface area (Å²) >= 11 is 5.89. The molecule has 1 heterocycles. The lowest BCUT2D eigenvalue weighted by Gasteiger charge is -2.06. The van der Waals surface area contributed by atoms with Crippen molar-refractivity contribution in [3.8, 4) is 5.75 Å². The molecule has 0 saturated carbocycles. The van der Waals surface area contributed by atoms with Crippen LogP contribution in [-0.2, 0) is 29.0 Å². The van der Waals surface area contributed by atoms with Crippen LogP contribution in [0.3, 0.4) is 0 Å². The number of carbonyl (C=O) groups excluding carboxylic acids is 1. The Labute approximate surface area is 232 Å². The van der Waals surface area contributed by atoms with Gasteiger partial charge in [-0.3, -0.25) is 14.4 Å². The van der Waals surface area contributed by atoms with Gasteiger partial charge in [0, 0.05) is 27.7 Å². The number of rotatable bonds is 9. The first-order valence-corrected chi connectivity index (χ1v) is 12.9. The number of carboxylic acids is 2. The average Bonchev–Trinajstić information content (AvgIpc) is 3.15. The molecule has 7 nitrogen and oxygen atoms in total. The molecule has 4 rings (SSSR count). The molecule has 8 heteroatoms. The Bertz CT molecular complexity index is 1470. The van der Waals surface area contributed by atoms with E-state index in [-0.39, 0.29) is 18.7 Å². The van der Waals surface area contributed by atoms with Crippen LogP contribution in [0.4, 0.5) is 0 Å². The average molecular weight is 550 g/mol. The Morgan fingerprint density at radius 1 is 0.897 bits per heavy atom. The molecule has 3 aromatic carbocycles. The van der Waals surface area contributed by atoms with Crippen LogP contribution in [0.2, 0.25) is 5.02 Å². The fourth-order valence-electron chi connectivity index (χ4n) is 4.39. The van der Waals surface area contributed by atoms with Gasteiger partial charge in [0.15, 0.2) is 5.78 Å². The third-order valence-electron chi connectivity index (χ3n) is 6.18. The molecular weight excluding hydrogens is 518 g/mol. The molecule has 204 valence electrons. The van der Waals surface area contributed by atoms with E-state index in [0.29, 0.717) is 44.4 Å². The number of methoxy groups -OCH3 is 1. The molecule has 4 aromatic rings. The number of benzene rings is 3. The highest BCUT2D eigenvalue weighted by atomic mass is 35.5. The molecule has 0 bridgehead atoms. The first-order chi connectivity index (χ1) is 18.5. The molecule has 0 fully saturated rings. The van der Waals surface area contributed by atoms with E-state index in [0.717, 1.165) is 12.0 Å². The predicted molar refractivity (Wildman–Crippen MR) is 152 cm³/mol. The summed E-state index contributed by atoms with van der Waals surface area (Å²) in [5.41, 5.74) is 4.38. The molecule has 0 unspecified atom stereocenters. The second kappa shape index (κ2) is 13.1. The summed E-state index contributed by atoms with van der Waals surface area (Å²) < 4.78 is 6.84. The molecule has 2 N–H and O–H groups in total. The first kappa shape index (κ1) is 29.5. The third kappa shape index (κ3) is 7.71.